The maximum absolute atomic E-state index is 12.8. The largest absolute Gasteiger partial charge is 0.507 e. The third kappa shape index (κ3) is 4.19. The molecule has 1 saturated heterocycles. The molecule has 1 aliphatic rings. The van der Waals surface area contributed by atoms with E-state index in [0.717, 1.165) is 19.6 Å². The molecule has 1 fully saturated rings. The molecule has 0 atom stereocenters. The normalized spacial score (nSPS) is 14.6. The van der Waals surface area contributed by atoms with Crippen LogP contribution in [0.15, 0.2) is 27.4 Å². The number of carbonyl (C=O) groups excluding carboxylic acids is 2. The van der Waals surface area contributed by atoms with Crippen LogP contribution in [0.1, 0.15) is 31.2 Å². The Hall–Kier alpha value is -3.01. The number of morpholine rings is 1. The summed E-state index contributed by atoms with van der Waals surface area (Å²) in [7, 11) is 0. The zero-order valence-electron chi connectivity index (χ0n) is 17.9. The van der Waals surface area contributed by atoms with E-state index in [2.05, 4.69) is 10.2 Å². The summed E-state index contributed by atoms with van der Waals surface area (Å²) in [5, 5.41) is 13.6. The number of hydrogen-bond donors (Lipinski definition) is 2. The van der Waals surface area contributed by atoms with Crippen molar-refractivity contribution >= 4 is 34.5 Å². The number of amides is 1. The second-order valence-electron chi connectivity index (χ2n) is 7.71. The van der Waals surface area contributed by atoms with E-state index in [9.17, 15) is 19.5 Å². The summed E-state index contributed by atoms with van der Waals surface area (Å²) >= 11 is 1.21. The summed E-state index contributed by atoms with van der Waals surface area (Å²) in [5.41, 5.74) is 0.877. The number of aryl methyl sites for hydroxylation is 2. The van der Waals surface area contributed by atoms with Gasteiger partial charge in [-0.1, -0.05) is 0 Å². The average molecular weight is 457 g/mol. The van der Waals surface area contributed by atoms with Gasteiger partial charge in [-0.2, -0.15) is 0 Å². The standard InChI is InChI=1S/C23H24N2O6S/c1-13-11-15-14(2)19(23(29)31-21(15)16(12-26)20(13)27)17-3-4-18(32-17)22(28)24-5-6-25-7-9-30-10-8-25/h3-4,11-12,27H,5-10H2,1-2H3,(H,24,28). The first-order valence-corrected chi connectivity index (χ1v) is 11.2. The number of fused-ring (bicyclic) bond motifs is 1. The third-order valence-electron chi connectivity index (χ3n) is 5.67. The maximum Gasteiger partial charge on any atom is 0.345 e. The van der Waals surface area contributed by atoms with Crippen molar-refractivity contribution in [3.05, 3.63) is 50.2 Å². The Bertz CT molecular complexity index is 1240. The molecule has 8 nitrogen and oxygen atoms in total. The van der Waals surface area contributed by atoms with Gasteiger partial charge in [0, 0.05) is 36.4 Å². The fourth-order valence-corrected chi connectivity index (χ4v) is 4.88. The molecule has 0 spiro atoms. The predicted octanol–water partition coefficient (Wildman–Crippen LogP) is 2.72. The second-order valence-corrected chi connectivity index (χ2v) is 8.80. The van der Waals surface area contributed by atoms with Crippen LogP contribution in [0, 0.1) is 13.8 Å². The Morgan fingerprint density at radius 2 is 2.03 bits per heavy atom. The predicted molar refractivity (Wildman–Crippen MR) is 122 cm³/mol. The number of thiophene rings is 1. The van der Waals surface area contributed by atoms with E-state index < -0.39 is 5.63 Å². The first kappa shape index (κ1) is 22.2. The topological polar surface area (TPSA) is 109 Å². The zero-order valence-corrected chi connectivity index (χ0v) is 18.7. The molecule has 168 valence electrons. The van der Waals surface area contributed by atoms with Crippen molar-refractivity contribution in [3.8, 4) is 16.2 Å². The van der Waals surface area contributed by atoms with E-state index in [1.165, 1.54) is 11.3 Å². The summed E-state index contributed by atoms with van der Waals surface area (Å²) in [6.45, 7) is 7.87. The molecule has 2 N–H and O–H groups in total. The van der Waals surface area contributed by atoms with E-state index in [1.54, 1.807) is 32.0 Å². The first-order chi connectivity index (χ1) is 15.4. The van der Waals surface area contributed by atoms with Gasteiger partial charge in [0.15, 0.2) is 11.9 Å². The van der Waals surface area contributed by atoms with E-state index in [1.807, 2.05) is 0 Å². The fraction of sp³-hybridized carbons (Fsp3) is 0.348. The molecular weight excluding hydrogens is 432 g/mol. The Morgan fingerprint density at radius 3 is 2.75 bits per heavy atom. The van der Waals surface area contributed by atoms with E-state index in [-0.39, 0.29) is 22.8 Å². The van der Waals surface area contributed by atoms with Crippen LogP contribution in [0.25, 0.3) is 21.4 Å². The summed E-state index contributed by atoms with van der Waals surface area (Å²) < 4.78 is 10.8. The Kier molecular flexibility index (Phi) is 6.40. The third-order valence-corrected chi connectivity index (χ3v) is 6.77. The van der Waals surface area contributed by atoms with E-state index in [0.29, 0.717) is 57.9 Å². The second kappa shape index (κ2) is 9.23. The number of phenolic OH excluding ortho intramolecular Hbond substituents is 1. The molecule has 32 heavy (non-hydrogen) atoms. The van der Waals surface area contributed by atoms with Crippen molar-refractivity contribution in [2.45, 2.75) is 13.8 Å². The highest BCUT2D eigenvalue weighted by atomic mass is 32.1. The van der Waals surface area contributed by atoms with Crippen molar-refractivity contribution in [2.75, 3.05) is 39.4 Å². The van der Waals surface area contributed by atoms with E-state index in [4.69, 9.17) is 9.15 Å². The molecule has 1 amide bonds. The lowest BCUT2D eigenvalue weighted by atomic mass is 9.99. The Morgan fingerprint density at radius 1 is 1.28 bits per heavy atom. The summed E-state index contributed by atoms with van der Waals surface area (Å²) in [6.07, 6.45) is 0.483. The molecule has 0 saturated carbocycles. The highest BCUT2D eigenvalue weighted by Crippen LogP contribution is 2.35. The average Bonchev–Trinajstić information content (AvgIpc) is 3.26. The lowest BCUT2D eigenvalue weighted by Gasteiger charge is -2.26. The molecule has 1 aliphatic heterocycles. The fourth-order valence-electron chi connectivity index (χ4n) is 3.86. The van der Waals surface area contributed by atoms with Crippen molar-refractivity contribution in [1.29, 1.82) is 0 Å². The van der Waals surface area contributed by atoms with Gasteiger partial charge in [-0.3, -0.25) is 14.5 Å². The SMILES string of the molecule is Cc1cc2c(C)c(-c3ccc(C(=O)NCCN4CCOCC4)s3)c(=O)oc2c(C=O)c1O. The molecule has 9 heteroatoms. The van der Waals surface area contributed by atoms with Crippen molar-refractivity contribution in [2.24, 2.45) is 0 Å². The van der Waals surface area contributed by atoms with Crippen LogP contribution >= 0.6 is 11.3 Å². The molecule has 0 radical (unpaired) electrons. The van der Waals surface area contributed by atoms with Gasteiger partial charge in [-0.25, -0.2) is 4.79 Å². The molecular formula is C23H24N2O6S. The van der Waals surface area contributed by atoms with Crippen LogP contribution in [0.4, 0.5) is 0 Å². The minimum absolute atomic E-state index is 0.0433. The van der Waals surface area contributed by atoms with Crippen molar-refractivity contribution in [3.63, 3.8) is 0 Å². The lowest BCUT2D eigenvalue weighted by Crippen LogP contribution is -2.41. The number of aldehydes is 1. The van der Waals surface area contributed by atoms with Crippen LogP contribution in [0.2, 0.25) is 0 Å². The van der Waals surface area contributed by atoms with Gasteiger partial charge in [-0.05, 0) is 43.2 Å². The highest BCUT2D eigenvalue weighted by Gasteiger charge is 2.21. The molecule has 1 aromatic carbocycles. The molecule has 0 bridgehead atoms. The zero-order chi connectivity index (χ0) is 22.8. The Balaban J connectivity index is 1.59. The molecule has 3 aromatic rings. The number of nitrogens with zero attached hydrogens (tertiary/aromatic N) is 1. The molecule has 0 unspecified atom stereocenters. The molecule has 3 heterocycles. The van der Waals surface area contributed by atoms with Gasteiger partial charge in [0.05, 0.1) is 29.2 Å². The van der Waals surface area contributed by atoms with Crippen molar-refractivity contribution in [1.82, 2.24) is 10.2 Å². The molecule has 0 aliphatic carbocycles. The van der Waals surface area contributed by atoms with E-state index >= 15 is 0 Å². The highest BCUT2D eigenvalue weighted by molar-refractivity contribution is 7.17. The minimum atomic E-state index is -0.623. The van der Waals surface area contributed by atoms with Gasteiger partial charge < -0.3 is 19.6 Å². The number of aromatic hydroxyl groups is 1. The smallest absolute Gasteiger partial charge is 0.345 e. The lowest BCUT2D eigenvalue weighted by molar-refractivity contribution is 0.0383. The Labute approximate surface area is 188 Å². The number of carbonyl (C=O) groups is 2. The van der Waals surface area contributed by atoms with Crippen LogP contribution < -0.4 is 10.9 Å². The number of phenols is 1. The first-order valence-electron chi connectivity index (χ1n) is 10.3. The van der Waals surface area contributed by atoms with Crippen LogP contribution in [0.5, 0.6) is 5.75 Å². The number of rotatable bonds is 6. The molecule has 4 rings (SSSR count). The van der Waals surface area contributed by atoms with Gasteiger partial charge in [0.1, 0.15) is 5.75 Å². The number of hydrogen-bond acceptors (Lipinski definition) is 8. The van der Waals surface area contributed by atoms with Crippen LogP contribution in [-0.2, 0) is 4.74 Å². The number of benzene rings is 1. The van der Waals surface area contributed by atoms with Gasteiger partial charge in [-0.15, -0.1) is 11.3 Å². The maximum atomic E-state index is 12.8. The van der Waals surface area contributed by atoms with Crippen molar-refractivity contribution < 1.29 is 23.8 Å². The van der Waals surface area contributed by atoms with Crippen LogP contribution in [-0.4, -0.2) is 61.6 Å². The summed E-state index contributed by atoms with van der Waals surface area (Å²) in [4.78, 5) is 40.1. The quantitative estimate of drug-likeness (QED) is 0.434. The van der Waals surface area contributed by atoms with Crippen LogP contribution in [0.3, 0.4) is 0 Å². The van der Waals surface area contributed by atoms with Gasteiger partial charge >= 0.3 is 5.63 Å². The monoisotopic (exact) mass is 456 g/mol. The number of ether oxygens (including phenoxy) is 1. The van der Waals surface area contributed by atoms with Gasteiger partial charge in [0.2, 0.25) is 0 Å². The van der Waals surface area contributed by atoms with Gasteiger partial charge in [0.25, 0.3) is 5.91 Å². The minimum Gasteiger partial charge on any atom is -0.507 e. The summed E-state index contributed by atoms with van der Waals surface area (Å²) in [5.74, 6) is -0.392. The summed E-state index contributed by atoms with van der Waals surface area (Å²) in [6, 6.07) is 5.10. The molecule has 2 aromatic heterocycles. The number of nitrogens with one attached hydrogen (secondary N) is 1.